The van der Waals surface area contributed by atoms with Crippen molar-refractivity contribution in [3.8, 4) is 5.88 Å². The first-order valence-corrected chi connectivity index (χ1v) is 8.75. The number of aryl methyl sites for hydroxylation is 2. The zero-order valence-corrected chi connectivity index (χ0v) is 15.8. The Morgan fingerprint density at radius 2 is 2.00 bits per heavy atom. The summed E-state index contributed by atoms with van der Waals surface area (Å²) in [5, 5.41) is 7.60. The quantitative estimate of drug-likeness (QED) is 0.596. The summed E-state index contributed by atoms with van der Waals surface area (Å²) >= 11 is 0. The smallest absolute Gasteiger partial charge is 0.216 e. The van der Waals surface area contributed by atoms with Crippen LogP contribution in [0.2, 0.25) is 0 Å². The SMILES string of the molecule is CCc1nn(C)c(OC)c1CN=C(N)Nc1ccc(C(C)CC)cc1. The van der Waals surface area contributed by atoms with E-state index in [2.05, 4.69) is 48.3 Å². The summed E-state index contributed by atoms with van der Waals surface area (Å²) in [6.45, 7) is 6.92. The van der Waals surface area contributed by atoms with Crippen LogP contribution in [-0.2, 0) is 20.0 Å². The van der Waals surface area contributed by atoms with Gasteiger partial charge in [-0.1, -0.05) is 32.9 Å². The molecule has 0 bridgehead atoms. The van der Waals surface area contributed by atoms with E-state index in [1.807, 2.05) is 19.2 Å². The van der Waals surface area contributed by atoms with Crippen molar-refractivity contribution < 1.29 is 4.74 Å². The highest BCUT2D eigenvalue weighted by atomic mass is 16.5. The number of aromatic nitrogens is 2. The van der Waals surface area contributed by atoms with Crippen molar-refractivity contribution >= 4 is 11.6 Å². The normalized spacial score (nSPS) is 12.9. The Labute approximate surface area is 150 Å². The summed E-state index contributed by atoms with van der Waals surface area (Å²) in [6.07, 6.45) is 1.95. The van der Waals surface area contributed by atoms with Crippen molar-refractivity contribution in [2.45, 2.75) is 46.1 Å². The fourth-order valence-electron chi connectivity index (χ4n) is 2.79. The molecule has 1 aromatic carbocycles. The van der Waals surface area contributed by atoms with Crippen LogP contribution < -0.4 is 15.8 Å². The Morgan fingerprint density at radius 1 is 1.32 bits per heavy atom. The van der Waals surface area contributed by atoms with Gasteiger partial charge in [0.15, 0.2) is 5.96 Å². The van der Waals surface area contributed by atoms with E-state index in [1.165, 1.54) is 5.56 Å². The molecule has 0 spiro atoms. The Morgan fingerprint density at radius 3 is 2.56 bits per heavy atom. The minimum absolute atomic E-state index is 0.379. The van der Waals surface area contributed by atoms with Gasteiger partial charge in [-0.25, -0.2) is 9.67 Å². The summed E-state index contributed by atoms with van der Waals surface area (Å²) in [7, 11) is 3.51. The molecule has 0 aliphatic rings. The van der Waals surface area contributed by atoms with E-state index < -0.39 is 0 Å². The fourth-order valence-corrected chi connectivity index (χ4v) is 2.79. The van der Waals surface area contributed by atoms with Crippen molar-refractivity contribution in [2.75, 3.05) is 12.4 Å². The number of nitrogens with two attached hydrogens (primary N) is 1. The first kappa shape index (κ1) is 18.8. The Balaban J connectivity index is 2.07. The van der Waals surface area contributed by atoms with Crippen LogP contribution in [0.25, 0.3) is 0 Å². The van der Waals surface area contributed by atoms with Crippen LogP contribution in [0, 0.1) is 0 Å². The molecule has 1 heterocycles. The molecule has 0 fully saturated rings. The zero-order valence-electron chi connectivity index (χ0n) is 15.8. The highest BCUT2D eigenvalue weighted by Crippen LogP contribution is 2.23. The lowest BCUT2D eigenvalue weighted by Gasteiger charge is -2.11. The number of aliphatic imine (C=N–C) groups is 1. The third-order valence-corrected chi connectivity index (χ3v) is 4.47. The molecule has 25 heavy (non-hydrogen) atoms. The molecule has 0 radical (unpaired) electrons. The van der Waals surface area contributed by atoms with E-state index >= 15 is 0 Å². The molecule has 6 heteroatoms. The van der Waals surface area contributed by atoms with Gasteiger partial charge in [0.25, 0.3) is 0 Å². The van der Waals surface area contributed by atoms with Crippen LogP contribution in [0.4, 0.5) is 5.69 Å². The lowest BCUT2D eigenvalue weighted by Crippen LogP contribution is -2.22. The lowest BCUT2D eigenvalue weighted by atomic mass is 9.99. The minimum atomic E-state index is 0.379. The third kappa shape index (κ3) is 4.53. The lowest BCUT2D eigenvalue weighted by molar-refractivity contribution is 0.369. The second-order valence-electron chi connectivity index (χ2n) is 6.17. The number of hydrogen-bond acceptors (Lipinski definition) is 3. The number of methoxy groups -OCH3 is 1. The van der Waals surface area contributed by atoms with Gasteiger partial charge < -0.3 is 15.8 Å². The number of ether oxygens (including phenoxy) is 1. The molecule has 6 nitrogen and oxygen atoms in total. The standard InChI is InChI=1S/C19H29N5O/c1-6-13(3)14-8-10-15(11-9-14)22-19(20)21-12-16-17(7-2)23-24(4)18(16)25-5/h8-11,13H,6-7,12H2,1-5H3,(H3,20,21,22). The van der Waals surface area contributed by atoms with Crippen molar-refractivity contribution in [1.82, 2.24) is 9.78 Å². The van der Waals surface area contributed by atoms with Gasteiger partial charge in [0, 0.05) is 12.7 Å². The second kappa shape index (κ2) is 8.55. The van der Waals surface area contributed by atoms with E-state index in [0.717, 1.165) is 35.7 Å². The fraction of sp³-hybridized carbons (Fsp3) is 0.474. The maximum atomic E-state index is 6.04. The Hall–Kier alpha value is -2.50. The summed E-state index contributed by atoms with van der Waals surface area (Å²) in [4.78, 5) is 4.44. The number of guanidine groups is 1. The van der Waals surface area contributed by atoms with Gasteiger partial charge in [0.1, 0.15) is 0 Å². The van der Waals surface area contributed by atoms with Crippen LogP contribution >= 0.6 is 0 Å². The average Bonchev–Trinajstić information content (AvgIpc) is 2.94. The number of anilines is 1. The molecular formula is C19H29N5O. The molecular weight excluding hydrogens is 314 g/mol. The number of nitrogens with one attached hydrogen (secondary N) is 1. The Bertz CT molecular complexity index is 718. The second-order valence-corrected chi connectivity index (χ2v) is 6.17. The third-order valence-electron chi connectivity index (χ3n) is 4.47. The van der Waals surface area contributed by atoms with Crippen LogP contribution in [0.3, 0.4) is 0 Å². The molecule has 0 amide bonds. The molecule has 1 atom stereocenters. The molecule has 2 aromatic rings. The molecule has 0 aliphatic heterocycles. The number of benzene rings is 1. The molecule has 3 N–H and O–H groups in total. The average molecular weight is 343 g/mol. The van der Waals surface area contributed by atoms with Crippen molar-refractivity contribution in [2.24, 2.45) is 17.8 Å². The number of rotatable bonds is 7. The van der Waals surface area contributed by atoms with Crippen molar-refractivity contribution in [3.05, 3.63) is 41.1 Å². The highest BCUT2D eigenvalue weighted by molar-refractivity contribution is 5.92. The van der Waals surface area contributed by atoms with Gasteiger partial charge >= 0.3 is 0 Å². The van der Waals surface area contributed by atoms with E-state index in [0.29, 0.717) is 18.4 Å². The monoisotopic (exact) mass is 343 g/mol. The predicted octanol–water partition coefficient (Wildman–Crippen LogP) is 3.43. The van der Waals surface area contributed by atoms with Gasteiger partial charge in [-0.3, -0.25) is 0 Å². The molecule has 1 unspecified atom stereocenters. The van der Waals surface area contributed by atoms with Crippen LogP contribution in [0.15, 0.2) is 29.3 Å². The molecule has 0 aliphatic carbocycles. The first-order valence-electron chi connectivity index (χ1n) is 8.75. The molecule has 0 saturated heterocycles. The summed E-state index contributed by atoms with van der Waals surface area (Å²) < 4.78 is 7.16. The summed E-state index contributed by atoms with van der Waals surface area (Å²) in [5.41, 5.74) is 10.3. The first-order chi connectivity index (χ1) is 12.0. The van der Waals surface area contributed by atoms with Crippen LogP contribution in [0.5, 0.6) is 5.88 Å². The molecule has 0 saturated carbocycles. The van der Waals surface area contributed by atoms with E-state index in [4.69, 9.17) is 10.5 Å². The molecule has 136 valence electrons. The van der Waals surface area contributed by atoms with Crippen LogP contribution in [-0.4, -0.2) is 22.8 Å². The zero-order chi connectivity index (χ0) is 18.4. The predicted molar refractivity (Wildman–Crippen MR) is 103 cm³/mol. The van der Waals surface area contributed by atoms with Crippen LogP contribution in [0.1, 0.15) is 49.9 Å². The van der Waals surface area contributed by atoms with E-state index in [-0.39, 0.29) is 0 Å². The Kier molecular flexibility index (Phi) is 6.44. The van der Waals surface area contributed by atoms with Crippen molar-refractivity contribution in [3.63, 3.8) is 0 Å². The van der Waals surface area contributed by atoms with E-state index in [1.54, 1.807) is 11.8 Å². The maximum Gasteiger partial charge on any atom is 0.216 e. The maximum absolute atomic E-state index is 6.04. The summed E-state index contributed by atoms with van der Waals surface area (Å²) in [5.74, 6) is 1.67. The molecule has 2 rings (SSSR count). The van der Waals surface area contributed by atoms with Gasteiger partial charge in [-0.05, 0) is 36.5 Å². The highest BCUT2D eigenvalue weighted by Gasteiger charge is 2.15. The van der Waals surface area contributed by atoms with Gasteiger partial charge in [-0.15, -0.1) is 0 Å². The summed E-state index contributed by atoms with van der Waals surface area (Å²) in [6, 6.07) is 8.32. The van der Waals surface area contributed by atoms with E-state index in [9.17, 15) is 0 Å². The topological polar surface area (TPSA) is 77.5 Å². The van der Waals surface area contributed by atoms with Gasteiger partial charge in [0.2, 0.25) is 5.88 Å². The van der Waals surface area contributed by atoms with Gasteiger partial charge in [-0.2, -0.15) is 5.10 Å². The largest absolute Gasteiger partial charge is 0.481 e. The minimum Gasteiger partial charge on any atom is -0.481 e. The van der Waals surface area contributed by atoms with Gasteiger partial charge in [0.05, 0.1) is 24.9 Å². The number of nitrogens with zero attached hydrogens (tertiary/aromatic N) is 3. The van der Waals surface area contributed by atoms with Crippen molar-refractivity contribution in [1.29, 1.82) is 0 Å². The number of hydrogen-bond donors (Lipinski definition) is 2. The molecule has 1 aromatic heterocycles.